The van der Waals surface area contributed by atoms with Gasteiger partial charge in [-0.25, -0.2) is 4.79 Å². The fourth-order valence-corrected chi connectivity index (χ4v) is 2.44. The molecule has 1 saturated heterocycles. The van der Waals surface area contributed by atoms with Crippen molar-refractivity contribution in [2.24, 2.45) is 5.92 Å². The van der Waals surface area contributed by atoms with Crippen molar-refractivity contribution in [3.05, 3.63) is 0 Å². The van der Waals surface area contributed by atoms with Crippen molar-refractivity contribution in [1.82, 2.24) is 5.32 Å². The lowest BCUT2D eigenvalue weighted by atomic mass is 10.1. The number of alkyl carbamates (subject to hydrolysis) is 1. The largest absolute Gasteiger partial charge is 0.450 e. The molecule has 0 radical (unpaired) electrons. The first-order valence-electron chi connectivity index (χ1n) is 4.31. The summed E-state index contributed by atoms with van der Waals surface area (Å²) in [5, 5.41) is 2.75. The second kappa shape index (κ2) is 5.30. The number of hydrogen-bond acceptors (Lipinski definition) is 3. The third-order valence-electron chi connectivity index (χ3n) is 1.83. The molecule has 0 bridgehead atoms. The van der Waals surface area contributed by atoms with Crippen LogP contribution in [0, 0.1) is 5.92 Å². The van der Waals surface area contributed by atoms with Crippen molar-refractivity contribution in [3.8, 4) is 0 Å². The lowest BCUT2D eigenvalue weighted by Crippen LogP contribution is -2.29. The molecule has 1 aliphatic heterocycles. The van der Waals surface area contributed by atoms with Crippen molar-refractivity contribution in [2.75, 3.05) is 24.7 Å². The third kappa shape index (κ3) is 3.34. The molecule has 0 spiro atoms. The Labute approximate surface area is 77.2 Å². The summed E-state index contributed by atoms with van der Waals surface area (Å²) in [6.45, 7) is 3.03. The maximum atomic E-state index is 10.9. The molecule has 1 rings (SSSR count). The topological polar surface area (TPSA) is 38.3 Å². The van der Waals surface area contributed by atoms with Crippen LogP contribution >= 0.6 is 11.8 Å². The highest BCUT2D eigenvalue weighted by Crippen LogP contribution is 2.22. The van der Waals surface area contributed by atoms with Gasteiger partial charge in [0.2, 0.25) is 0 Å². The monoisotopic (exact) mass is 189 g/mol. The van der Waals surface area contributed by atoms with Gasteiger partial charge in [0, 0.05) is 6.54 Å². The van der Waals surface area contributed by atoms with Gasteiger partial charge in [-0.15, -0.1) is 0 Å². The summed E-state index contributed by atoms with van der Waals surface area (Å²) in [5.41, 5.74) is 0. The molecule has 1 fully saturated rings. The minimum Gasteiger partial charge on any atom is -0.450 e. The lowest BCUT2D eigenvalue weighted by molar-refractivity contribution is 0.151. The van der Waals surface area contributed by atoms with E-state index in [0.29, 0.717) is 12.5 Å². The number of rotatable bonds is 3. The maximum absolute atomic E-state index is 10.9. The Balaban J connectivity index is 2.03. The van der Waals surface area contributed by atoms with E-state index in [1.807, 2.05) is 18.7 Å². The molecule has 0 aromatic carbocycles. The Hall–Kier alpha value is -0.380. The smallest absolute Gasteiger partial charge is 0.407 e. The van der Waals surface area contributed by atoms with Crippen molar-refractivity contribution in [2.45, 2.75) is 13.3 Å². The van der Waals surface area contributed by atoms with E-state index in [1.165, 1.54) is 17.9 Å². The van der Waals surface area contributed by atoms with Crippen LogP contribution in [0.15, 0.2) is 0 Å². The fourth-order valence-electron chi connectivity index (χ4n) is 1.15. The predicted molar refractivity (Wildman–Crippen MR) is 50.5 cm³/mol. The van der Waals surface area contributed by atoms with Crippen molar-refractivity contribution in [1.29, 1.82) is 0 Å². The van der Waals surface area contributed by atoms with Crippen molar-refractivity contribution < 1.29 is 9.53 Å². The Bertz CT molecular complexity index is 146. The van der Waals surface area contributed by atoms with Crippen LogP contribution in [0.4, 0.5) is 4.79 Å². The highest BCUT2D eigenvalue weighted by atomic mass is 32.2. The van der Waals surface area contributed by atoms with Gasteiger partial charge in [-0.1, -0.05) is 0 Å². The average molecular weight is 189 g/mol. The molecule has 1 N–H and O–H groups in total. The van der Waals surface area contributed by atoms with E-state index in [9.17, 15) is 4.79 Å². The summed E-state index contributed by atoms with van der Waals surface area (Å²) in [6, 6.07) is 0. The van der Waals surface area contributed by atoms with E-state index in [0.717, 1.165) is 6.54 Å². The molecule has 70 valence electrons. The summed E-state index contributed by atoms with van der Waals surface area (Å²) in [4.78, 5) is 10.9. The number of hydrogen-bond donors (Lipinski definition) is 1. The second-order valence-corrected chi connectivity index (χ2v) is 3.98. The minimum absolute atomic E-state index is 0.283. The minimum atomic E-state index is -0.283. The third-order valence-corrected chi connectivity index (χ3v) is 3.07. The summed E-state index contributed by atoms with van der Waals surface area (Å²) in [6.07, 6.45) is 0.936. The van der Waals surface area contributed by atoms with Crippen LogP contribution in [-0.4, -0.2) is 30.8 Å². The number of ether oxygens (including phenoxy) is 1. The zero-order valence-electron chi connectivity index (χ0n) is 7.34. The maximum Gasteiger partial charge on any atom is 0.407 e. The highest BCUT2D eigenvalue weighted by Gasteiger charge is 2.15. The summed E-state index contributed by atoms with van der Waals surface area (Å²) >= 11 is 1.96. The van der Waals surface area contributed by atoms with Crippen LogP contribution in [0.2, 0.25) is 0 Å². The molecule has 1 amide bonds. The molecule has 0 aliphatic carbocycles. The summed E-state index contributed by atoms with van der Waals surface area (Å²) in [5.74, 6) is 3.06. The Morgan fingerprint density at radius 3 is 3.17 bits per heavy atom. The number of amides is 1. The summed E-state index contributed by atoms with van der Waals surface area (Å²) < 4.78 is 4.74. The molecule has 0 aromatic heterocycles. The standard InChI is InChI=1S/C8H15NO2S/c1-2-11-8(10)9-5-7-3-4-12-6-7/h7H,2-6H2,1H3,(H,9,10). The molecule has 0 aromatic rings. The van der Waals surface area contributed by atoms with Gasteiger partial charge in [0.15, 0.2) is 0 Å². The van der Waals surface area contributed by atoms with Crippen LogP contribution < -0.4 is 5.32 Å². The van der Waals surface area contributed by atoms with Crippen LogP contribution in [0.5, 0.6) is 0 Å². The van der Waals surface area contributed by atoms with E-state index in [4.69, 9.17) is 4.74 Å². The first-order valence-corrected chi connectivity index (χ1v) is 5.46. The van der Waals surface area contributed by atoms with Gasteiger partial charge < -0.3 is 10.1 Å². The average Bonchev–Trinajstić information content (AvgIpc) is 2.53. The fraction of sp³-hybridized carbons (Fsp3) is 0.875. The van der Waals surface area contributed by atoms with Crippen LogP contribution in [-0.2, 0) is 4.74 Å². The number of carbonyl (C=O) groups excluding carboxylic acids is 1. The van der Waals surface area contributed by atoms with E-state index >= 15 is 0 Å². The SMILES string of the molecule is CCOC(=O)NCC1CCSC1. The highest BCUT2D eigenvalue weighted by molar-refractivity contribution is 7.99. The zero-order chi connectivity index (χ0) is 8.81. The molecular weight excluding hydrogens is 174 g/mol. The molecule has 0 saturated carbocycles. The van der Waals surface area contributed by atoms with Gasteiger partial charge in [0.25, 0.3) is 0 Å². The summed E-state index contributed by atoms with van der Waals surface area (Å²) in [7, 11) is 0. The lowest BCUT2D eigenvalue weighted by Gasteiger charge is -2.09. The molecule has 3 nitrogen and oxygen atoms in total. The van der Waals surface area contributed by atoms with E-state index in [-0.39, 0.29) is 6.09 Å². The second-order valence-electron chi connectivity index (χ2n) is 2.83. The Morgan fingerprint density at radius 2 is 2.58 bits per heavy atom. The van der Waals surface area contributed by atoms with E-state index in [2.05, 4.69) is 5.32 Å². The van der Waals surface area contributed by atoms with Crippen LogP contribution in [0.25, 0.3) is 0 Å². The van der Waals surface area contributed by atoms with Gasteiger partial charge in [-0.3, -0.25) is 0 Å². The van der Waals surface area contributed by atoms with Crippen molar-refractivity contribution in [3.63, 3.8) is 0 Å². The molecule has 1 atom stereocenters. The molecule has 1 unspecified atom stereocenters. The zero-order valence-corrected chi connectivity index (χ0v) is 8.15. The van der Waals surface area contributed by atoms with E-state index < -0.39 is 0 Å². The van der Waals surface area contributed by atoms with Crippen LogP contribution in [0.3, 0.4) is 0 Å². The molecular formula is C8H15NO2S. The van der Waals surface area contributed by atoms with Crippen molar-refractivity contribution >= 4 is 17.9 Å². The Kier molecular flexibility index (Phi) is 4.29. The van der Waals surface area contributed by atoms with Crippen LogP contribution in [0.1, 0.15) is 13.3 Å². The molecule has 1 aliphatic rings. The quantitative estimate of drug-likeness (QED) is 0.731. The number of thioether (sulfide) groups is 1. The first-order chi connectivity index (χ1) is 5.83. The molecule has 4 heteroatoms. The Morgan fingerprint density at radius 1 is 1.75 bits per heavy atom. The van der Waals surface area contributed by atoms with Gasteiger partial charge >= 0.3 is 6.09 Å². The van der Waals surface area contributed by atoms with Gasteiger partial charge in [-0.05, 0) is 30.8 Å². The normalized spacial score (nSPS) is 22.2. The molecule has 1 heterocycles. The molecule has 12 heavy (non-hydrogen) atoms. The first kappa shape index (κ1) is 9.71. The number of carbonyl (C=O) groups is 1. The van der Waals surface area contributed by atoms with Gasteiger partial charge in [0.05, 0.1) is 6.61 Å². The van der Waals surface area contributed by atoms with Gasteiger partial charge in [0.1, 0.15) is 0 Å². The van der Waals surface area contributed by atoms with E-state index in [1.54, 1.807) is 0 Å². The number of nitrogens with one attached hydrogen (secondary N) is 1. The van der Waals surface area contributed by atoms with Gasteiger partial charge in [-0.2, -0.15) is 11.8 Å². The predicted octanol–water partition coefficient (Wildman–Crippen LogP) is 1.49.